The first kappa shape index (κ1) is 15.7. The second kappa shape index (κ2) is 6.11. The van der Waals surface area contributed by atoms with Crippen molar-refractivity contribution in [3.63, 3.8) is 0 Å². The third kappa shape index (κ3) is 3.26. The Morgan fingerprint density at radius 2 is 2.13 bits per heavy atom. The molecule has 0 unspecified atom stereocenters. The molecular formula is C15H22N6O2. The van der Waals surface area contributed by atoms with Gasteiger partial charge in [-0.3, -0.25) is 4.79 Å². The molecule has 0 aliphatic carbocycles. The number of carbonyl (C=O) groups excluding carboxylic acids is 1. The minimum atomic E-state index is -0.273. The fraction of sp³-hybridized carbons (Fsp3) is 0.600. The van der Waals surface area contributed by atoms with Gasteiger partial charge < -0.3 is 14.9 Å². The van der Waals surface area contributed by atoms with Gasteiger partial charge >= 0.3 is 0 Å². The Balaban J connectivity index is 1.71. The van der Waals surface area contributed by atoms with Gasteiger partial charge in [0.15, 0.2) is 5.82 Å². The number of hydrogen-bond donors (Lipinski definition) is 1. The first-order valence-corrected chi connectivity index (χ1v) is 7.91. The molecule has 124 valence electrons. The van der Waals surface area contributed by atoms with E-state index in [1.165, 1.54) is 11.0 Å². The van der Waals surface area contributed by atoms with E-state index < -0.39 is 0 Å². The summed E-state index contributed by atoms with van der Waals surface area (Å²) in [6, 6.07) is 1.68. The summed E-state index contributed by atoms with van der Waals surface area (Å²) in [7, 11) is 4.01. The molecule has 8 nitrogen and oxygen atoms in total. The SMILES string of the molecule is Cc1cc([O-])n2nc(CC(=O)N(C)C3CC[NH+](C)CC3)nc2n1. The molecule has 1 aliphatic rings. The van der Waals surface area contributed by atoms with Crippen LogP contribution in [-0.4, -0.2) is 63.6 Å². The predicted octanol–water partition coefficient (Wildman–Crippen LogP) is -1.82. The van der Waals surface area contributed by atoms with E-state index in [4.69, 9.17) is 0 Å². The van der Waals surface area contributed by atoms with Gasteiger partial charge in [-0.05, 0) is 18.9 Å². The van der Waals surface area contributed by atoms with Crippen molar-refractivity contribution in [3.05, 3.63) is 17.6 Å². The second-order valence-electron chi connectivity index (χ2n) is 6.35. The molecular weight excluding hydrogens is 296 g/mol. The van der Waals surface area contributed by atoms with Crippen LogP contribution >= 0.6 is 0 Å². The highest BCUT2D eigenvalue weighted by Crippen LogP contribution is 2.12. The number of quaternary nitrogens is 1. The normalized spacial score (nSPS) is 21.5. The Kier molecular flexibility index (Phi) is 4.16. The van der Waals surface area contributed by atoms with Gasteiger partial charge in [-0.15, -0.1) is 0 Å². The third-order valence-corrected chi connectivity index (χ3v) is 4.51. The monoisotopic (exact) mass is 318 g/mol. The number of rotatable bonds is 3. The molecule has 1 amide bonds. The molecule has 3 rings (SSSR count). The third-order valence-electron chi connectivity index (χ3n) is 4.51. The van der Waals surface area contributed by atoms with Crippen LogP contribution in [0.1, 0.15) is 24.4 Å². The zero-order chi connectivity index (χ0) is 16.6. The van der Waals surface area contributed by atoms with Gasteiger partial charge in [0, 0.05) is 31.6 Å². The zero-order valence-electron chi connectivity index (χ0n) is 13.7. The second-order valence-corrected chi connectivity index (χ2v) is 6.35. The average molecular weight is 318 g/mol. The maximum Gasteiger partial charge on any atom is 0.252 e. The number of aryl methyl sites for hydroxylation is 1. The van der Waals surface area contributed by atoms with Crippen molar-refractivity contribution in [2.24, 2.45) is 0 Å². The molecule has 23 heavy (non-hydrogen) atoms. The lowest BCUT2D eigenvalue weighted by atomic mass is 10.0. The van der Waals surface area contributed by atoms with Crippen LogP contribution in [0.3, 0.4) is 0 Å². The highest BCUT2D eigenvalue weighted by molar-refractivity contribution is 5.78. The van der Waals surface area contributed by atoms with E-state index in [-0.39, 0.29) is 30.0 Å². The zero-order valence-corrected chi connectivity index (χ0v) is 13.7. The fourth-order valence-corrected chi connectivity index (χ4v) is 3.02. The lowest BCUT2D eigenvalue weighted by Crippen LogP contribution is -3.10. The predicted molar refractivity (Wildman–Crippen MR) is 81.1 cm³/mol. The maximum absolute atomic E-state index is 12.5. The highest BCUT2D eigenvalue weighted by Gasteiger charge is 2.26. The number of nitrogens with zero attached hydrogens (tertiary/aromatic N) is 5. The maximum atomic E-state index is 12.5. The number of aromatic nitrogens is 4. The minimum absolute atomic E-state index is 0.0189. The molecule has 1 fully saturated rings. The summed E-state index contributed by atoms with van der Waals surface area (Å²) in [4.78, 5) is 24.1. The molecule has 0 saturated carbocycles. The Bertz CT molecular complexity index is 720. The van der Waals surface area contributed by atoms with Crippen LogP contribution in [0, 0.1) is 6.92 Å². The number of carbonyl (C=O) groups is 1. The van der Waals surface area contributed by atoms with Gasteiger partial charge in [0.05, 0.1) is 26.6 Å². The van der Waals surface area contributed by atoms with E-state index in [2.05, 4.69) is 22.1 Å². The van der Waals surface area contributed by atoms with Crippen molar-refractivity contribution >= 4 is 11.7 Å². The molecule has 3 heterocycles. The molecule has 1 N–H and O–H groups in total. The molecule has 2 aromatic heterocycles. The highest BCUT2D eigenvalue weighted by atomic mass is 16.3. The van der Waals surface area contributed by atoms with Crippen molar-refractivity contribution in [1.29, 1.82) is 0 Å². The molecule has 1 saturated heterocycles. The van der Waals surface area contributed by atoms with Crippen LogP contribution in [0.2, 0.25) is 0 Å². The van der Waals surface area contributed by atoms with Crippen LogP contribution in [0.4, 0.5) is 0 Å². The van der Waals surface area contributed by atoms with Gasteiger partial charge in [-0.1, -0.05) is 0 Å². The van der Waals surface area contributed by atoms with Crippen LogP contribution < -0.4 is 10.0 Å². The van der Waals surface area contributed by atoms with E-state index in [9.17, 15) is 9.90 Å². The van der Waals surface area contributed by atoms with E-state index in [0.29, 0.717) is 11.5 Å². The fourth-order valence-electron chi connectivity index (χ4n) is 3.02. The van der Waals surface area contributed by atoms with E-state index in [0.717, 1.165) is 30.4 Å². The lowest BCUT2D eigenvalue weighted by Gasteiger charge is -2.33. The number of likely N-dealkylation sites (tertiary alicyclic amines) is 1. The number of hydrogen-bond acceptors (Lipinski definition) is 5. The first-order chi connectivity index (χ1) is 10.9. The van der Waals surface area contributed by atoms with Gasteiger partial charge in [0.25, 0.3) is 5.78 Å². The Morgan fingerprint density at radius 1 is 1.43 bits per heavy atom. The molecule has 0 atom stereocenters. The number of nitrogens with one attached hydrogen (secondary N) is 1. The van der Waals surface area contributed by atoms with Crippen LogP contribution in [0.5, 0.6) is 5.88 Å². The summed E-state index contributed by atoms with van der Waals surface area (Å²) in [5.41, 5.74) is 0.596. The molecule has 0 radical (unpaired) electrons. The van der Waals surface area contributed by atoms with Gasteiger partial charge in [-0.25, -0.2) is 9.50 Å². The number of amides is 1. The summed E-state index contributed by atoms with van der Waals surface area (Å²) in [6.45, 7) is 3.89. The van der Waals surface area contributed by atoms with Crippen molar-refractivity contribution < 1.29 is 14.8 Å². The van der Waals surface area contributed by atoms with Crippen LogP contribution in [-0.2, 0) is 11.2 Å². The summed E-state index contributed by atoms with van der Waals surface area (Å²) < 4.78 is 1.15. The lowest BCUT2D eigenvalue weighted by molar-refractivity contribution is -0.885. The summed E-state index contributed by atoms with van der Waals surface area (Å²) in [5, 5.41) is 15.9. The van der Waals surface area contributed by atoms with Crippen LogP contribution in [0.25, 0.3) is 5.78 Å². The van der Waals surface area contributed by atoms with Gasteiger partial charge in [0.1, 0.15) is 0 Å². The summed E-state index contributed by atoms with van der Waals surface area (Å²) in [6.07, 6.45) is 2.12. The summed E-state index contributed by atoms with van der Waals surface area (Å²) >= 11 is 0. The van der Waals surface area contributed by atoms with Crippen molar-refractivity contribution in [1.82, 2.24) is 24.5 Å². The molecule has 2 aromatic rings. The first-order valence-electron chi connectivity index (χ1n) is 7.91. The Morgan fingerprint density at radius 3 is 2.83 bits per heavy atom. The van der Waals surface area contributed by atoms with Crippen LogP contribution in [0.15, 0.2) is 6.07 Å². The topological polar surface area (TPSA) is 90.9 Å². The van der Waals surface area contributed by atoms with Crippen molar-refractivity contribution in [2.45, 2.75) is 32.2 Å². The average Bonchev–Trinajstić information content (AvgIpc) is 2.90. The van der Waals surface area contributed by atoms with Crippen molar-refractivity contribution in [2.75, 3.05) is 27.2 Å². The van der Waals surface area contributed by atoms with E-state index in [1.807, 2.05) is 7.05 Å². The molecule has 0 spiro atoms. The standard InChI is InChI=1S/C15H22N6O2/c1-10-8-14(23)21-15(16-10)17-12(18-21)9-13(22)20(3)11-4-6-19(2)7-5-11/h8,11,23H,4-7,9H2,1-3H3. The van der Waals surface area contributed by atoms with E-state index >= 15 is 0 Å². The number of piperidine rings is 1. The van der Waals surface area contributed by atoms with E-state index in [1.54, 1.807) is 11.8 Å². The molecule has 1 aliphatic heterocycles. The largest absolute Gasteiger partial charge is 0.858 e. The van der Waals surface area contributed by atoms with Gasteiger partial charge in [0.2, 0.25) is 5.91 Å². The quantitative estimate of drug-likeness (QED) is 0.720. The molecule has 0 bridgehead atoms. The minimum Gasteiger partial charge on any atom is -0.858 e. The Labute approximate surface area is 134 Å². The van der Waals surface area contributed by atoms with Crippen molar-refractivity contribution in [3.8, 4) is 5.88 Å². The smallest absolute Gasteiger partial charge is 0.252 e. The molecule has 8 heteroatoms. The number of fused-ring (bicyclic) bond motifs is 1. The Hall–Kier alpha value is -2.22. The number of likely N-dealkylation sites (N-methyl/N-ethyl adjacent to an activating group) is 1. The van der Waals surface area contributed by atoms with Gasteiger partial charge in [-0.2, -0.15) is 10.1 Å². The summed E-state index contributed by atoms with van der Waals surface area (Å²) in [5.74, 6) is 0.305. The molecule has 0 aromatic carbocycles.